The van der Waals surface area contributed by atoms with Gasteiger partial charge in [0.15, 0.2) is 0 Å². The van der Waals surface area contributed by atoms with Crippen LogP contribution in [0.1, 0.15) is 35.8 Å². The average Bonchev–Trinajstić information content (AvgIpc) is 2.56. The van der Waals surface area contributed by atoms with Gasteiger partial charge in [0.25, 0.3) is 0 Å². The molecule has 15 heavy (non-hydrogen) atoms. The van der Waals surface area contributed by atoms with Crippen molar-refractivity contribution >= 4 is 17.0 Å². The van der Waals surface area contributed by atoms with Gasteiger partial charge in [0, 0.05) is 11.6 Å². The van der Waals surface area contributed by atoms with Gasteiger partial charge in [-0.15, -0.1) is 0 Å². The zero-order valence-corrected chi connectivity index (χ0v) is 8.61. The summed E-state index contributed by atoms with van der Waals surface area (Å²) in [5.74, 6) is -0.772. The van der Waals surface area contributed by atoms with E-state index in [2.05, 4.69) is 9.97 Å². The van der Waals surface area contributed by atoms with Gasteiger partial charge >= 0.3 is 5.97 Å². The van der Waals surface area contributed by atoms with E-state index in [4.69, 9.17) is 5.11 Å². The molecule has 2 aromatic rings. The maximum absolute atomic E-state index is 11.0. The Bertz CT molecular complexity index is 514. The molecule has 0 amide bonds. The number of carbonyl (C=O) groups is 1. The van der Waals surface area contributed by atoms with Crippen molar-refractivity contribution in [3.8, 4) is 0 Å². The van der Waals surface area contributed by atoms with Crippen LogP contribution in [0, 0.1) is 0 Å². The lowest BCUT2D eigenvalue weighted by Crippen LogP contribution is -2.02. The summed E-state index contributed by atoms with van der Waals surface area (Å²) in [6.45, 7) is 3.95. The van der Waals surface area contributed by atoms with Crippen LogP contribution < -0.4 is 0 Å². The zero-order valence-electron chi connectivity index (χ0n) is 8.61. The molecule has 78 valence electrons. The van der Waals surface area contributed by atoms with Crippen LogP contribution in [-0.4, -0.2) is 21.0 Å². The summed E-state index contributed by atoms with van der Waals surface area (Å²) < 4.78 is 0. The molecule has 0 unspecified atom stereocenters. The van der Waals surface area contributed by atoms with Crippen molar-refractivity contribution in [2.24, 2.45) is 0 Å². The highest BCUT2D eigenvalue weighted by Crippen LogP contribution is 2.27. The summed E-state index contributed by atoms with van der Waals surface area (Å²) >= 11 is 0. The molecule has 2 rings (SSSR count). The normalized spacial score (nSPS) is 11.1. The van der Waals surface area contributed by atoms with Crippen LogP contribution in [0.3, 0.4) is 0 Å². The summed E-state index contributed by atoms with van der Waals surface area (Å²) in [5, 5.41) is 9.95. The van der Waals surface area contributed by atoms with Crippen LogP contribution in [0.15, 0.2) is 18.3 Å². The molecule has 0 aliphatic carbocycles. The van der Waals surface area contributed by atoms with E-state index in [0.29, 0.717) is 5.65 Å². The number of H-pyrrole nitrogens is 1. The van der Waals surface area contributed by atoms with Gasteiger partial charge in [-0.2, -0.15) is 0 Å². The van der Waals surface area contributed by atoms with Gasteiger partial charge in [-0.1, -0.05) is 13.8 Å². The number of aromatic nitrogens is 2. The van der Waals surface area contributed by atoms with Gasteiger partial charge in [-0.3, -0.25) is 0 Å². The molecule has 0 atom stereocenters. The van der Waals surface area contributed by atoms with E-state index in [1.54, 1.807) is 6.20 Å². The van der Waals surface area contributed by atoms with Crippen molar-refractivity contribution in [1.29, 1.82) is 0 Å². The Balaban J connectivity index is 2.80. The monoisotopic (exact) mass is 204 g/mol. The number of hydrogen-bond acceptors (Lipinski definition) is 2. The number of carboxylic acids is 1. The first-order valence-corrected chi connectivity index (χ1v) is 4.81. The van der Waals surface area contributed by atoms with Gasteiger partial charge in [-0.05, 0) is 23.6 Å². The molecule has 0 fully saturated rings. The zero-order chi connectivity index (χ0) is 11.0. The quantitative estimate of drug-likeness (QED) is 0.789. The van der Waals surface area contributed by atoms with E-state index in [-0.39, 0.29) is 11.6 Å². The molecule has 2 N–H and O–H groups in total. The third kappa shape index (κ3) is 1.48. The van der Waals surface area contributed by atoms with Crippen molar-refractivity contribution < 1.29 is 9.90 Å². The molecule has 0 bridgehead atoms. The van der Waals surface area contributed by atoms with Crippen LogP contribution in [0.5, 0.6) is 0 Å². The van der Waals surface area contributed by atoms with Crippen molar-refractivity contribution in [2.45, 2.75) is 19.8 Å². The van der Waals surface area contributed by atoms with E-state index in [0.717, 1.165) is 10.9 Å². The maximum atomic E-state index is 11.0. The topological polar surface area (TPSA) is 66.0 Å². The minimum atomic E-state index is -0.934. The molecule has 0 saturated carbocycles. The van der Waals surface area contributed by atoms with E-state index in [1.807, 2.05) is 26.0 Å². The number of nitrogens with one attached hydrogen (secondary N) is 1. The van der Waals surface area contributed by atoms with Gasteiger partial charge < -0.3 is 10.1 Å². The van der Waals surface area contributed by atoms with Crippen molar-refractivity contribution in [1.82, 2.24) is 9.97 Å². The molecule has 0 spiro atoms. The van der Waals surface area contributed by atoms with E-state index in [1.165, 1.54) is 0 Å². The van der Waals surface area contributed by atoms with Crippen LogP contribution in [-0.2, 0) is 0 Å². The summed E-state index contributed by atoms with van der Waals surface area (Å²) in [5.41, 5.74) is 1.71. The van der Waals surface area contributed by atoms with E-state index in [9.17, 15) is 4.79 Å². The van der Waals surface area contributed by atoms with Gasteiger partial charge in [0.2, 0.25) is 0 Å². The summed E-state index contributed by atoms with van der Waals surface area (Å²) in [6.07, 6.45) is 1.65. The molecule has 0 aliphatic rings. The number of aromatic amines is 1. The third-order valence-corrected chi connectivity index (χ3v) is 2.40. The Hall–Kier alpha value is -1.84. The second kappa shape index (κ2) is 3.38. The van der Waals surface area contributed by atoms with Gasteiger partial charge in [0.05, 0.1) is 0 Å². The predicted molar refractivity (Wildman–Crippen MR) is 57.1 cm³/mol. The first kappa shape index (κ1) is 9.71. The summed E-state index contributed by atoms with van der Waals surface area (Å²) in [4.78, 5) is 18.0. The van der Waals surface area contributed by atoms with Crippen LogP contribution in [0.25, 0.3) is 11.0 Å². The lowest BCUT2D eigenvalue weighted by Gasteiger charge is -2.04. The lowest BCUT2D eigenvalue weighted by atomic mass is 10.0. The summed E-state index contributed by atoms with van der Waals surface area (Å²) in [6, 6.07) is 3.70. The third-order valence-electron chi connectivity index (χ3n) is 2.40. The second-order valence-electron chi connectivity index (χ2n) is 3.77. The number of pyridine rings is 1. The standard InChI is InChI=1S/C11H12N2O2/c1-6(2)8-7-4-3-5-12-10(7)13-9(8)11(14)15/h3-6H,1-2H3,(H,12,13)(H,14,15). The minimum Gasteiger partial charge on any atom is -0.477 e. The Labute approximate surface area is 87.0 Å². The van der Waals surface area contributed by atoms with Crippen molar-refractivity contribution in [3.63, 3.8) is 0 Å². The Morgan fingerprint density at radius 1 is 1.53 bits per heavy atom. The Morgan fingerprint density at radius 3 is 2.87 bits per heavy atom. The number of rotatable bonds is 2. The van der Waals surface area contributed by atoms with Crippen LogP contribution >= 0.6 is 0 Å². The fraction of sp³-hybridized carbons (Fsp3) is 0.273. The highest BCUT2D eigenvalue weighted by atomic mass is 16.4. The van der Waals surface area contributed by atoms with Gasteiger partial charge in [-0.25, -0.2) is 9.78 Å². The number of carboxylic acid groups (broad SMARTS) is 1. The average molecular weight is 204 g/mol. The first-order chi connectivity index (χ1) is 7.11. The molecule has 0 radical (unpaired) electrons. The van der Waals surface area contributed by atoms with Crippen molar-refractivity contribution in [2.75, 3.05) is 0 Å². The second-order valence-corrected chi connectivity index (χ2v) is 3.77. The largest absolute Gasteiger partial charge is 0.477 e. The maximum Gasteiger partial charge on any atom is 0.352 e. The molecule has 2 aromatic heterocycles. The van der Waals surface area contributed by atoms with Gasteiger partial charge in [0.1, 0.15) is 11.3 Å². The van der Waals surface area contributed by atoms with E-state index >= 15 is 0 Å². The molecule has 0 saturated heterocycles. The number of hydrogen-bond donors (Lipinski definition) is 2. The molecular weight excluding hydrogens is 192 g/mol. The number of aromatic carboxylic acids is 1. The van der Waals surface area contributed by atoms with Crippen LogP contribution in [0.4, 0.5) is 0 Å². The predicted octanol–water partition coefficient (Wildman–Crippen LogP) is 2.38. The molecule has 0 aliphatic heterocycles. The summed E-state index contributed by atoms with van der Waals surface area (Å²) in [7, 11) is 0. The minimum absolute atomic E-state index is 0.161. The fourth-order valence-electron chi connectivity index (χ4n) is 1.81. The smallest absolute Gasteiger partial charge is 0.352 e. The lowest BCUT2D eigenvalue weighted by molar-refractivity contribution is 0.0690. The highest BCUT2D eigenvalue weighted by molar-refractivity contribution is 5.96. The molecular formula is C11H12N2O2. The van der Waals surface area contributed by atoms with Crippen molar-refractivity contribution in [3.05, 3.63) is 29.6 Å². The highest BCUT2D eigenvalue weighted by Gasteiger charge is 2.19. The number of fused-ring (bicyclic) bond motifs is 1. The fourth-order valence-corrected chi connectivity index (χ4v) is 1.81. The first-order valence-electron chi connectivity index (χ1n) is 4.81. The Morgan fingerprint density at radius 2 is 2.27 bits per heavy atom. The molecule has 2 heterocycles. The SMILES string of the molecule is CC(C)c1c(C(=O)O)[nH]c2ncccc12. The molecule has 0 aromatic carbocycles. The number of nitrogens with zero attached hydrogens (tertiary/aromatic N) is 1. The molecule has 4 heteroatoms. The Kier molecular flexibility index (Phi) is 2.19. The van der Waals surface area contributed by atoms with E-state index < -0.39 is 5.97 Å². The molecule has 4 nitrogen and oxygen atoms in total. The van der Waals surface area contributed by atoms with Crippen LogP contribution in [0.2, 0.25) is 0 Å².